The van der Waals surface area contributed by atoms with Crippen molar-refractivity contribution in [1.29, 1.82) is 0 Å². The van der Waals surface area contributed by atoms with Crippen molar-refractivity contribution in [2.75, 3.05) is 18.6 Å². The highest BCUT2D eigenvalue weighted by molar-refractivity contribution is 7.99. The van der Waals surface area contributed by atoms with Crippen LogP contribution in [0, 0.1) is 0 Å². The lowest BCUT2D eigenvalue weighted by molar-refractivity contribution is 0.414. The number of imidazole rings is 1. The minimum absolute atomic E-state index is 0.618. The van der Waals surface area contributed by atoms with Crippen LogP contribution in [0.5, 0.6) is 5.75 Å². The molecule has 0 N–H and O–H groups in total. The molecule has 0 spiro atoms. The van der Waals surface area contributed by atoms with Gasteiger partial charge in [0.1, 0.15) is 11.6 Å². The fourth-order valence-electron chi connectivity index (χ4n) is 2.38. The van der Waals surface area contributed by atoms with Crippen LogP contribution in [-0.4, -0.2) is 28.0 Å². The van der Waals surface area contributed by atoms with Crippen molar-refractivity contribution >= 4 is 17.3 Å². The summed E-state index contributed by atoms with van der Waals surface area (Å²) >= 11 is 2.05. The maximum atomic E-state index is 5.23. The molecular weight excluding hydrogens is 232 g/mol. The summed E-state index contributed by atoms with van der Waals surface area (Å²) in [6.45, 7) is 0. The molecule has 3 nitrogen and oxygen atoms in total. The highest BCUT2D eigenvalue weighted by Gasteiger charge is 2.19. The van der Waals surface area contributed by atoms with E-state index in [0.29, 0.717) is 5.92 Å². The van der Waals surface area contributed by atoms with E-state index in [1.54, 1.807) is 7.11 Å². The third-order valence-electron chi connectivity index (χ3n) is 3.35. The Morgan fingerprint density at radius 2 is 2.24 bits per heavy atom. The van der Waals surface area contributed by atoms with Crippen molar-refractivity contribution in [2.24, 2.45) is 0 Å². The van der Waals surface area contributed by atoms with Gasteiger partial charge in [-0.25, -0.2) is 4.98 Å². The second-order valence-electron chi connectivity index (χ2n) is 4.36. The van der Waals surface area contributed by atoms with E-state index in [9.17, 15) is 0 Å². The van der Waals surface area contributed by atoms with Gasteiger partial charge in [-0.1, -0.05) is 0 Å². The summed E-state index contributed by atoms with van der Waals surface area (Å²) in [6.07, 6.45) is 6.50. The number of pyridine rings is 1. The third-order valence-corrected chi connectivity index (χ3v) is 4.40. The Morgan fingerprint density at radius 3 is 3.00 bits per heavy atom. The summed E-state index contributed by atoms with van der Waals surface area (Å²) in [6, 6.07) is 4.03. The van der Waals surface area contributed by atoms with E-state index in [-0.39, 0.29) is 0 Å². The molecule has 0 aliphatic carbocycles. The Bertz CT molecular complexity index is 517. The van der Waals surface area contributed by atoms with Gasteiger partial charge in [0, 0.05) is 18.2 Å². The first-order valence-corrected chi connectivity index (χ1v) is 7.12. The van der Waals surface area contributed by atoms with Gasteiger partial charge in [0.05, 0.1) is 18.8 Å². The standard InChI is InChI=1S/C13H16N2OS/c1-16-12-2-5-15-11(8-12)9-14-13(15)10-3-6-17-7-4-10/h2,5,8-10H,3-4,6-7H2,1H3. The molecule has 0 atom stereocenters. The number of hydrogen-bond donors (Lipinski definition) is 0. The lowest BCUT2D eigenvalue weighted by atomic mass is 10.0. The van der Waals surface area contributed by atoms with Gasteiger partial charge in [-0.15, -0.1) is 0 Å². The number of nitrogens with zero attached hydrogens (tertiary/aromatic N) is 2. The number of ether oxygens (including phenoxy) is 1. The van der Waals surface area contributed by atoms with Crippen LogP contribution in [0.15, 0.2) is 24.5 Å². The first-order chi connectivity index (χ1) is 8.38. The number of aromatic nitrogens is 2. The van der Waals surface area contributed by atoms with Crippen LogP contribution in [0.2, 0.25) is 0 Å². The Hall–Kier alpha value is -1.16. The lowest BCUT2D eigenvalue weighted by Gasteiger charge is -2.20. The van der Waals surface area contributed by atoms with Crippen LogP contribution >= 0.6 is 11.8 Å². The smallest absolute Gasteiger partial charge is 0.122 e. The largest absolute Gasteiger partial charge is 0.497 e. The molecule has 2 aromatic heterocycles. The molecule has 17 heavy (non-hydrogen) atoms. The molecule has 1 fully saturated rings. The molecule has 1 aliphatic heterocycles. The molecule has 4 heteroatoms. The van der Waals surface area contributed by atoms with Gasteiger partial charge < -0.3 is 9.14 Å². The highest BCUT2D eigenvalue weighted by atomic mass is 32.2. The zero-order valence-corrected chi connectivity index (χ0v) is 10.7. The first kappa shape index (κ1) is 11.0. The second kappa shape index (κ2) is 4.61. The molecule has 0 radical (unpaired) electrons. The molecule has 3 heterocycles. The van der Waals surface area contributed by atoms with Gasteiger partial charge in [0.25, 0.3) is 0 Å². The van der Waals surface area contributed by atoms with E-state index >= 15 is 0 Å². The second-order valence-corrected chi connectivity index (χ2v) is 5.59. The van der Waals surface area contributed by atoms with Gasteiger partial charge >= 0.3 is 0 Å². The topological polar surface area (TPSA) is 26.5 Å². The maximum absolute atomic E-state index is 5.23. The molecule has 0 amide bonds. The maximum Gasteiger partial charge on any atom is 0.122 e. The van der Waals surface area contributed by atoms with Crippen LogP contribution in [0.3, 0.4) is 0 Å². The van der Waals surface area contributed by atoms with Crippen LogP contribution in [0.1, 0.15) is 24.6 Å². The molecule has 0 bridgehead atoms. The lowest BCUT2D eigenvalue weighted by Crippen LogP contribution is -2.11. The fourth-order valence-corrected chi connectivity index (χ4v) is 3.49. The van der Waals surface area contributed by atoms with Gasteiger partial charge in [0.2, 0.25) is 0 Å². The molecule has 3 rings (SSSR count). The highest BCUT2D eigenvalue weighted by Crippen LogP contribution is 2.31. The number of thioether (sulfide) groups is 1. The van der Waals surface area contributed by atoms with E-state index in [2.05, 4.69) is 27.3 Å². The fraction of sp³-hybridized carbons (Fsp3) is 0.462. The van der Waals surface area contributed by atoms with E-state index in [4.69, 9.17) is 4.74 Å². The van der Waals surface area contributed by atoms with Gasteiger partial charge in [0.15, 0.2) is 0 Å². The molecule has 1 saturated heterocycles. The van der Waals surface area contributed by atoms with Crippen LogP contribution in [0.25, 0.3) is 5.52 Å². The van der Waals surface area contributed by atoms with Gasteiger partial charge in [-0.3, -0.25) is 0 Å². The number of rotatable bonds is 2. The summed E-state index contributed by atoms with van der Waals surface area (Å²) in [5.41, 5.74) is 1.12. The SMILES string of the molecule is COc1ccn2c(C3CCSCC3)ncc2c1. The Balaban J connectivity index is 1.99. The van der Waals surface area contributed by atoms with E-state index in [1.807, 2.05) is 18.3 Å². The minimum atomic E-state index is 0.618. The predicted molar refractivity (Wildman–Crippen MR) is 71.0 cm³/mol. The third kappa shape index (κ3) is 2.02. The molecule has 0 saturated carbocycles. The van der Waals surface area contributed by atoms with Crippen molar-refractivity contribution < 1.29 is 4.74 Å². The summed E-state index contributed by atoms with van der Waals surface area (Å²) in [4.78, 5) is 4.59. The van der Waals surface area contributed by atoms with Crippen LogP contribution in [0.4, 0.5) is 0 Å². The van der Waals surface area contributed by atoms with Gasteiger partial charge in [-0.05, 0) is 30.4 Å². The molecule has 2 aromatic rings. The zero-order valence-electron chi connectivity index (χ0n) is 9.93. The van der Waals surface area contributed by atoms with Crippen LogP contribution < -0.4 is 4.74 Å². The summed E-state index contributed by atoms with van der Waals surface area (Å²) in [5, 5.41) is 0. The Kier molecular flexibility index (Phi) is 2.97. The monoisotopic (exact) mass is 248 g/mol. The Labute approximate surface area is 105 Å². The minimum Gasteiger partial charge on any atom is -0.497 e. The molecule has 0 unspecified atom stereocenters. The van der Waals surface area contributed by atoms with E-state index in [0.717, 1.165) is 11.3 Å². The Morgan fingerprint density at radius 1 is 1.41 bits per heavy atom. The number of fused-ring (bicyclic) bond motifs is 1. The summed E-state index contributed by atoms with van der Waals surface area (Å²) in [7, 11) is 1.70. The quantitative estimate of drug-likeness (QED) is 0.817. The van der Waals surface area contributed by atoms with Crippen molar-refractivity contribution in [1.82, 2.24) is 9.38 Å². The van der Waals surface area contributed by atoms with Crippen molar-refractivity contribution in [3.8, 4) is 5.75 Å². The van der Waals surface area contributed by atoms with Crippen molar-refractivity contribution in [3.05, 3.63) is 30.4 Å². The molecule has 90 valence electrons. The van der Waals surface area contributed by atoms with Crippen molar-refractivity contribution in [3.63, 3.8) is 0 Å². The number of methoxy groups -OCH3 is 1. The average molecular weight is 248 g/mol. The van der Waals surface area contributed by atoms with E-state index in [1.165, 1.54) is 30.2 Å². The van der Waals surface area contributed by atoms with Gasteiger partial charge in [-0.2, -0.15) is 11.8 Å². The van der Waals surface area contributed by atoms with Crippen LogP contribution in [-0.2, 0) is 0 Å². The summed E-state index contributed by atoms with van der Waals surface area (Å²) < 4.78 is 7.43. The molecule has 1 aliphatic rings. The summed E-state index contributed by atoms with van der Waals surface area (Å²) in [5.74, 6) is 5.24. The average Bonchev–Trinajstić information content (AvgIpc) is 2.82. The zero-order chi connectivity index (χ0) is 11.7. The van der Waals surface area contributed by atoms with E-state index < -0.39 is 0 Å². The normalized spacial score (nSPS) is 17.5. The first-order valence-electron chi connectivity index (χ1n) is 5.97. The number of hydrogen-bond acceptors (Lipinski definition) is 3. The molecular formula is C13H16N2OS. The van der Waals surface area contributed by atoms with Crippen molar-refractivity contribution in [2.45, 2.75) is 18.8 Å². The molecule has 0 aromatic carbocycles. The predicted octanol–water partition coefficient (Wildman–Crippen LogP) is 2.95.